The Morgan fingerprint density at radius 3 is 2.55 bits per heavy atom. The van der Waals surface area contributed by atoms with Gasteiger partial charge < -0.3 is 14.9 Å². The van der Waals surface area contributed by atoms with Gasteiger partial charge in [0.25, 0.3) is 0 Å². The quantitative estimate of drug-likeness (QED) is 0.522. The predicted octanol–water partition coefficient (Wildman–Crippen LogP) is -1.36. The van der Waals surface area contributed by atoms with Gasteiger partial charge in [-0.15, -0.1) is 5.10 Å². The van der Waals surface area contributed by atoms with Gasteiger partial charge in [-0.3, -0.25) is 4.18 Å². The first-order valence-corrected chi connectivity index (χ1v) is 8.21. The molecule has 2 heterocycles. The van der Waals surface area contributed by atoms with Gasteiger partial charge in [0.05, 0.1) is 6.61 Å². The van der Waals surface area contributed by atoms with Crippen LogP contribution in [0.15, 0.2) is 9.21 Å². The van der Waals surface area contributed by atoms with Crippen molar-refractivity contribution in [1.29, 1.82) is 0 Å². The summed E-state index contributed by atoms with van der Waals surface area (Å²) in [6.07, 6.45) is -4.83. The zero-order valence-electron chi connectivity index (χ0n) is 9.63. The van der Waals surface area contributed by atoms with E-state index in [1.165, 1.54) is 4.68 Å². The van der Waals surface area contributed by atoms with Gasteiger partial charge in [0.2, 0.25) is 0 Å². The first-order valence-electron chi connectivity index (χ1n) is 5.15. The number of hydrogen-bond donors (Lipinski definition) is 3. The summed E-state index contributed by atoms with van der Waals surface area (Å²) in [4.78, 5) is 0. The minimum Gasteiger partial charge on any atom is -0.387 e. The molecule has 0 aromatic carbocycles. The Labute approximate surface area is 130 Å². The number of aliphatic hydroxyl groups is 2. The van der Waals surface area contributed by atoms with Gasteiger partial charge in [-0.1, -0.05) is 5.21 Å². The van der Waals surface area contributed by atoms with Crippen LogP contribution < -0.4 is 5.14 Å². The molecule has 0 radical (unpaired) electrons. The molecule has 4 N–H and O–H groups in total. The van der Waals surface area contributed by atoms with Gasteiger partial charge in [0.15, 0.2) is 10.8 Å². The molecule has 114 valence electrons. The molecular weight excluding hydrogens is 428 g/mol. The number of aliphatic hydroxyl groups excluding tert-OH is 2. The van der Waals surface area contributed by atoms with Crippen molar-refractivity contribution in [2.24, 2.45) is 5.14 Å². The summed E-state index contributed by atoms with van der Waals surface area (Å²) in [5, 5.41) is 31.8. The molecule has 0 aliphatic carbocycles. The fraction of sp³-hybridized carbons (Fsp3) is 0.714. The Balaban J connectivity index is 2.13. The lowest BCUT2D eigenvalue weighted by atomic mass is 10.1. The molecule has 1 aliphatic heterocycles. The molecule has 1 aromatic rings. The van der Waals surface area contributed by atoms with Crippen molar-refractivity contribution >= 4 is 42.2 Å². The van der Waals surface area contributed by atoms with E-state index in [9.17, 15) is 18.6 Å². The largest absolute Gasteiger partial charge is 0.387 e. The average molecular weight is 438 g/mol. The van der Waals surface area contributed by atoms with E-state index in [1.54, 1.807) is 0 Å². The van der Waals surface area contributed by atoms with Gasteiger partial charge in [-0.05, 0) is 31.9 Å². The number of nitrogens with zero attached hydrogens (tertiary/aromatic N) is 3. The van der Waals surface area contributed by atoms with E-state index in [0.29, 0.717) is 9.21 Å². The summed E-state index contributed by atoms with van der Waals surface area (Å²) >= 11 is 6.28. The van der Waals surface area contributed by atoms with Crippen LogP contribution in [0.1, 0.15) is 6.23 Å². The minimum absolute atomic E-state index is 0.382. The van der Waals surface area contributed by atoms with Crippen LogP contribution in [0.5, 0.6) is 0 Å². The third-order valence-corrected chi connectivity index (χ3v) is 4.84. The maximum absolute atomic E-state index is 10.7. The van der Waals surface area contributed by atoms with E-state index in [2.05, 4.69) is 51.5 Å². The van der Waals surface area contributed by atoms with Gasteiger partial charge in [0.1, 0.15) is 22.9 Å². The summed E-state index contributed by atoms with van der Waals surface area (Å²) in [6.45, 7) is -0.527. The van der Waals surface area contributed by atoms with E-state index in [4.69, 9.17) is 4.74 Å². The highest BCUT2D eigenvalue weighted by atomic mass is 79.9. The smallest absolute Gasteiger partial charge is 0.333 e. The first-order chi connectivity index (χ1) is 9.20. The lowest BCUT2D eigenvalue weighted by Gasteiger charge is -2.14. The van der Waals surface area contributed by atoms with Crippen LogP contribution in [0.4, 0.5) is 0 Å². The maximum Gasteiger partial charge on any atom is 0.333 e. The zero-order valence-corrected chi connectivity index (χ0v) is 13.6. The summed E-state index contributed by atoms with van der Waals surface area (Å²) in [7, 11) is -4.16. The van der Waals surface area contributed by atoms with Crippen LogP contribution >= 0.6 is 31.9 Å². The molecule has 0 amide bonds. The molecule has 1 saturated heterocycles. The second-order valence-electron chi connectivity index (χ2n) is 3.94. The number of aromatic nitrogens is 3. The number of halogens is 2. The minimum atomic E-state index is -4.16. The molecule has 0 saturated carbocycles. The molecule has 1 aliphatic rings. The standard InChI is InChI=1S/C7H10Br2N4O6S/c8-5-6(9)13(12-11-5)7-4(15)3(14)2(19-7)1-18-20(10,16)17/h2-4,7,14-15H,1H2,(H2,10,16,17)/t2-,3-,4-,7-/m1/s1. The first kappa shape index (κ1) is 16.2. The van der Waals surface area contributed by atoms with Crippen LogP contribution in [-0.2, 0) is 19.2 Å². The van der Waals surface area contributed by atoms with Crippen molar-refractivity contribution in [3.63, 3.8) is 0 Å². The molecule has 1 fully saturated rings. The fourth-order valence-corrected chi connectivity index (χ4v) is 2.58. The van der Waals surface area contributed by atoms with Crippen molar-refractivity contribution in [3.05, 3.63) is 9.21 Å². The Morgan fingerprint density at radius 2 is 2.05 bits per heavy atom. The zero-order chi connectivity index (χ0) is 15.1. The molecule has 13 heteroatoms. The molecule has 0 spiro atoms. The summed E-state index contributed by atoms with van der Waals surface area (Å²) < 4.78 is 33.0. The second kappa shape index (κ2) is 5.92. The number of hydrogen-bond acceptors (Lipinski definition) is 8. The second-order valence-corrected chi connectivity index (χ2v) is 6.66. The molecule has 1 aromatic heterocycles. The highest BCUT2D eigenvalue weighted by molar-refractivity contribution is 9.13. The maximum atomic E-state index is 10.7. The molecular formula is C7H10Br2N4O6S. The van der Waals surface area contributed by atoms with Gasteiger partial charge >= 0.3 is 10.3 Å². The summed E-state index contributed by atoms with van der Waals surface area (Å²) in [6, 6.07) is 0. The third-order valence-electron chi connectivity index (χ3n) is 2.58. The van der Waals surface area contributed by atoms with E-state index < -0.39 is 41.5 Å². The van der Waals surface area contributed by atoms with E-state index >= 15 is 0 Å². The van der Waals surface area contributed by atoms with Crippen molar-refractivity contribution in [3.8, 4) is 0 Å². The Kier molecular flexibility index (Phi) is 4.80. The number of ether oxygens (including phenoxy) is 1. The van der Waals surface area contributed by atoms with E-state index in [1.807, 2.05) is 0 Å². The van der Waals surface area contributed by atoms with Crippen LogP contribution in [0.2, 0.25) is 0 Å². The molecule has 20 heavy (non-hydrogen) atoms. The van der Waals surface area contributed by atoms with E-state index in [0.717, 1.165) is 0 Å². The van der Waals surface area contributed by atoms with Gasteiger partial charge in [0, 0.05) is 0 Å². The fourth-order valence-electron chi connectivity index (χ4n) is 1.66. The van der Waals surface area contributed by atoms with Gasteiger partial charge in [-0.25, -0.2) is 9.82 Å². The van der Waals surface area contributed by atoms with Crippen molar-refractivity contribution in [2.75, 3.05) is 6.61 Å². The van der Waals surface area contributed by atoms with Crippen molar-refractivity contribution in [1.82, 2.24) is 15.0 Å². The molecule has 2 rings (SSSR count). The number of nitrogens with two attached hydrogens (primary N) is 1. The normalized spacial score (nSPS) is 30.9. The SMILES string of the molecule is NS(=O)(=O)OC[C@H]1O[C@@H](n2nnc(Br)c2Br)[C@H](O)[C@@H]1O. The van der Waals surface area contributed by atoms with Crippen LogP contribution in [0.3, 0.4) is 0 Å². The Morgan fingerprint density at radius 1 is 1.40 bits per heavy atom. The average Bonchev–Trinajstić information content (AvgIpc) is 2.81. The highest BCUT2D eigenvalue weighted by Gasteiger charge is 2.45. The van der Waals surface area contributed by atoms with Gasteiger partial charge in [-0.2, -0.15) is 8.42 Å². The van der Waals surface area contributed by atoms with Crippen LogP contribution in [-0.4, -0.2) is 58.5 Å². The molecule has 4 atom stereocenters. The third kappa shape index (κ3) is 3.36. The van der Waals surface area contributed by atoms with Crippen LogP contribution in [0, 0.1) is 0 Å². The Bertz CT molecular complexity index is 594. The summed E-state index contributed by atoms with van der Waals surface area (Å²) in [5.41, 5.74) is 0. The van der Waals surface area contributed by atoms with E-state index in [-0.39, 0.29) is 0 Å². The molecule has 0 bridgehead atoms. The van der Waals surface area contributed by atoms with Crippen LogP contribution in [0.25, 0.3) is 0 Å². The lowest BCUT2D eigenvalue weighted by molar-refractivity contribution is -0.0567. The monoisotopic (exact) mass is 436 g/mol. The highest BCUT2D eigenvalue weighted by Crippen LogP contribution is 2.33. The van der Waals surface area contributed by atoms with Crippen molar-refractivity contribution in [2.45, 2.75) is 24.5 Å². The molecule has 10 nitrogen and oxygen atoms in total. The predicted molar refractivity (Wildman–Crippen MR) is 70.4 cm³/mol. The molecule has 0 unspecified atom stereocenters. The Hall–Kier alpha value is -0.150. The topological polar surface area (TPSA) is 150 Å². The number of rotatable bonds is 4. The lowest BCUT2D eigenvalue weighted by Crippen LogP contribution is -2.35. The summed E-state index contributed by atoms with van der Waals surface area (Å²) in [5.74, 6) is 0. The van der Waals surface area contributed by atoms with Crippen molar-refractivity contribution < 1.29 is 27.6 Å².